The third kappa shape index (κ3) is 4.59. The zero-order valence-electron chi connectivity index (χ0n) is 12.6. The quantitative estimate of drug-likeness (QED) is 0.813. The van der Waals surface area contributed by atoms with Gasteiger partial charge >= 0.3 is 0 Å². The van der Waals surface area contributed by atoms with Crippen molar-refractivity contribution in [3.63, 3.8) is 0 Å². The highest BCUT2D eigenvalue weighted by Gasteiger charge is 2.26. The molecule has 0 radical (unpaired) electrons. The second-order valence-electron chi connectivity index (χ2n) is 5.52. The Bertz CT molecular complexity index is 379. The second-order valence-corrected chi connectivity index (χ2v) is 6.37. The third-order valence-electron chi connectivity index (χ3n) is 3.50. The van der Waals surface area contributed by atoms with E-state index in [-0.39, 0.29) is 12.1 Å². The van der Waals surface area contributed by atoms with Crippen LogP contribution in [0.4, 0.5) is 0 Å². The molecule has 0 aromatic heterocycles. The predicted octanol–water partition coefficient (Wildman–Crippen LogP) is 4.21. The number of nitrogens with zero attached hydrogens (tertiary/aromatic N) is 1. The number of likely N-dealkylation sites (N-methyl/N-ethyl adjacent to an activating group) is 1. The Morgan fingerprint density at radius 3 is 2.32 bits per heavy atom. The van der Waals surface area contributed by atoms with Crippen LogP contribution in [0.25, 0.3) is 0 Å². The smallest absolute Gasteiger partial charge is 0.0510 e. The van der Waals surface area contributed by atoms with Gasteiger partial charge in [-0.2, -0.15) is 0 Å². The first-order chi connectivity index (χ1) is 9.01. The molecular formula is C16H27BrN2. The molecule has 0 bridgehead atoms. The van der Waals surface area contributed by atoms with Gasteiger partial charge in [0.25, 0.3) is 0 Å². The summed E-state index contributed by atoms with van der Waals surface area (Å²) in [5.41, 5.74) is 7.71. The maximum absolute atomic E-state index is 6.41. The van der Waals surface area contributed by atoms with Gasteiger partial charge in [-0.15, -0.1) is 0 Å². The lowest BCUT2D eigenvalue weighted by atomic mass is 9.95. The summed E-state index contributed by atoms with van der Waals surface area (Å²) < 4.78 is 1.16. The Hall–Kier alpha value is -0.380. The zero-order valence-corrected chi connectivity index (χ0v) is 14.2. The molecule has 108 valence electrons. The van der Waals surface area contributed by atoms with Gasteiger partial charge in [-0.25, -0.2) is 0 Å². The molecule has 0 saturated carbocycles. The summed E-state index contributed by atoms with van der Waals surface area (Å²) in [6, 6.07) is 8.89. The highest BCUT2D eigenvalue weighted by molar-refractivity contribution is 9.10. The Balaban J connectivity index is 3.10. The average molecular weight is 327 g/mol. The largest absolute Gasteiger partial charge is 0.326 e. The van der Waals surface area contributed by atoms with Gasteiger partial charge in [0.05, 0.1) is 6.04 Å². The summed E-state index contributed by atoms with van der Waals surface area (Å²) in [7, 11) is 0. The van der Waals surface area contributed by atoms with Crippen molar-refractivity contribution in [2.24, 2.45) is 11.7 Å². The average Bonchev–Trinajstić information content (AvgIpc) is 2.39. The van der Waals surface area contributed by atoms with Crippen LogP contribution in [0, 0.1) is 5.92 Å². The van der Waals surface area contributed by atoms with Gasteiger partial charge in [0.1, 0.15) is 0 Å². The fraction of sp³-hybridized carbons (Fsp3) is 0.625. The normalized spacial score (nSPS) is 14.9. The lowest BCUT2D eigenvalue weighted by Crippen LogP contribution is -2.42. The fourth-order valence-corrected chi connectivity index (χ4v) is 3.06. The molecule has 1 aromatic carbocycles. The highest BCUT2D eigenvalue weighted by Crippen LogP contribution is 2.31. The molecule has 2 nitrogen and oxygen atoms in total. The summed E-state index contributed by atoms with van der Waals surface area (Å²) in [5.74, 6) is 0.647. The first-order valence-electron chi connectivity index (χ1n) is 7.25. The molecule has 2 N–H and O–H groups in total. The van der Waals surface area contributed by atoms with E-state index in [9.17, 15) is 0 Å². The molecule has 19 heavy (non-hydrogen) atoms. The van der Waals surface area contributed by atoms with E-state index in [1.807, 2.05) is 0 Å². The Morgan fingerprint density at radius 1 is 1.21 bits per heavy atom. The van der Waals surface area contributed by atoms with Crippen LogP contribution in [0.3, 0.4) is 0 Å². The Kier molecular flexibility index (Phi) is 7.05. The van der Waals surface area contributed by atoms with Crippen LogP contribution < -0.4 is 5.73 Å². The van der Waals surface area contributed by atoms with Gasteiger partial charge in [0.2, 0.25) is 0 Å². The number of hydrogen-bond acceptors (Lipinski definition) is 2. The minimum Gasteiger partial charge on any atom is -0.326 e. The summed E-state index contributed by atoms with van der Waals surface area (Å²) in [5, 5.41) is 0. The SMILES string of the molecule is CCC(N)C(c1ccccc1Br)N(CC)CC(C)C. The van der Waals surface area contributed by atoms with Crippen molar-refractivity contribution in [2.75, 3.05) is 13.1 Å². The number of halogens is 1. The van der Waals surface area contributed by atoms with Crippen molar-refractivity contribution < 1.29 is 0 Å². The van der Waals surface area contributed by atoms with E-state index in [2.05, 4.69) is 72.8 Å². The lowest BCUT2D eigenvalue weighted by molar-refractivity contribution is 0.158. The van der Waals surface area contributed by atoms with Crippen molar-refractivity contribution in [3.05, 3.63) is 34.3 Å². The predicted molar refractivity (Wildman–Crippen MR) is 87.2 cm³/mol. The zero-order chi connectivity index (χ0) is 14.4. The second kappa shape index (κ2) is 8.03. The van der Waals surface area contributed by atoms with E-state index < -0.39 is 0 Å². The molecule has 0 aliphatic heterocycles. The van der Waals surface area contributed by atoms with Crippen LogP contribution >= 0.6 is 15.9 Å². The van der Waals surface area contributed by atoms with Crippen LogP contribution in [0.1, 0.15) is 45.7 Å². The van der Waals surface area contributed by atoms with Crippen LogP contribution in [0.15, 0.2) is 28.7 Å². The molecule has 0 saturated heterocycles. The number of nitrogens with two attached hydrogens (primary N) is 1. The Labute approximate surface area is 126 Å². The fourth-order valence-electron chi connectivity index (χ4n) is 2.54. The van der Waals surface area contributed by atoms with Crippen LogP contribution in [-0.2, 0) is 0 Å². The molecule has 0 aliphatic rings. The van der Waals surface area contributed by atoms with Gasteiger partial charge < -0.3 is 5.73 Å². The molecule has 0 amide bonds. The summed E-state index contributed by atoms with van der Waals surface area (Å²) in [6.45, 7) is 11.0. The maximum Gasteiger partial charge on any atom is 0.0510 e. The van der Waals surface area contributed by atoms with Crippen molar-refractivity contribution in [1.29, 1.82) is 0 Å². The third-order valence-corrected chi connectivity index (χ3v) is 4.22. The van der Waals surface area contributed by atoms with E-state index >= 15 is 0 Å². The molecule has 0 aliphatic carbocycles. The first kappa shape index (κ1) is 16.7. The van der Waals surface area contributed by atoms with Crippen molar-refractivity contribution in [1.82, 2.24) is 4.90 Å². The van der Waals surface area contributed by atoms with Gasteiger partial charge in [0, 0.05) is 17.1 Å². The number of benzene rings is 1. The van der Waals surface area contributed by atoms with Crippen LogP contribution in [0.5, 0.6) is 0 Å². The van der Waals surface area contributed by atoms with E-state index in [4.69, 9.17) is 5.73 Å². The van der Waals surface area contributed by atoms with Crippen LogP contribution in [-0.4, -0.2) is 24.0 Å². The van der Waals surface area contributed by atoms with E-state index in [1.165, 1.54) is 5.56 Å². The van der Waals surface area contributed by atoms with Gasteiger partial charge in [0.15, 0.2) is 0 Å². The van der Waals surface area contributed by atoms with Crippen molar-refractivity contribution >= 4 is 15.9 Å². The van der Waals surface area contributed by atoms with Gasteiger partial charge in [-0.1, -0.05) is 61.8 Å². The Morgan fingerprint density at radius 2 is 1.84 bits per heavy atom. The maximum atomic E-state index is 6.41. The minimum absolute atomic E-state index is 0.164. The molecule has 0 fully saturated rings. The van der Waals surface area contributed by atoms with E-state index in [1.54, 1.807) is 0 Å². The number of hydrogen-bond donors (Lipinski definition) is 1. The van der Waals surface area contributed by atoms with E-state index in [0.29, 0.717) is 5.92 Å². The molecule has 3 heteroatoms. The monoisotopic (exact) mass is 326 g/mol. The van der Waals surface area contributed by atoms with Gasteiger partial charge in [-0.3, -0.25) is 4.90 Å². The van der Waals surface area contributed by atoms with Crippen molar-refractivity contribution in [3.8, 4) is 0 Å². The van der Waals surface area contributed by atoms with Crippen molar-refractivity contribution in [2.45, 2.75) is 46.2 Å². The molecule has 2 unspecified atom stereocenters. The highest BCUT2D eigenvalue weighted by atomic mass is 79.9. The standard InChI is InChI=1S/C16H27BrN2/c1-5-15(18)16(19(6-2)11-12(3)4)13-9-7-8-10-14(13)17/h7-10,12,15-16H,5-6,11,18H2,1-4H3. The molecule has 1 aromatic rings. The van der Waals surface area contributed by atoms with Crippen LogP contribution in [0.2, 0.25) is 0 Å². The lowest BCUT2D eigenvalue weighted by Gasteiger charge is -2.36. The van der Waals surface area contributed by atoms with E-state index in [0.717, 1.165) is 24.0 Å². The minimum atomic E-state index is 0.164. The first-order valence-corrected chi connectivity index (χ1v) is 8.04. The molecule has 0 heterocycles. The number of rotatable bonds is 7. The molecular weight excluding hydrogens is 300 g/mol. The van der Waals surface area contributed by atoms with Gasteiger partial charge in [-0.05, 0) is 30.5 Å². The molecule has 2 atom stereocenters. The molecule has 1 rings (SSSR count). The topological polar surface area (TPSA) is 29.3 Å². The summed E-state index contributed by atoms with van der Waals surface area (Å²) in [6.07, 6.45) is 0.987. The molecule has 0 spiro atoms. The summed E-state index contributed by atoms with van der Waals surface area (Å²) >= 11 is 3.68. The summed E-state index contributed by atoms with van der Waals surface area (Å²) in [4.78, 5) is 2.50.